The number of hydrogen-bond acceptors (Lipinski definition) is 6. The van der Waals surface area contributed by atoms with Crippen LogP contribution >= 0.6 is 11.6 Å². The van der Waals surface area contributed by atoms with Gasteiger partial charge in [-0.05, 0) is 31.2 Å². The topological polar surface area (TPSA) is 87.4 Å². The lowest BCUT2D eigenvalue weighted by Gasteiger charge is -2.35. The second-order valence-corrected chi connectivity index (χ2v) is 7.05. The van der Waals surface area contributed by atoms with Gasteiger partial charge in [0.25, 0.3) is 5.89 Å². The van der Waals surface area contributed by atoms with Crippen LogP contribution < -0.4 is 10.2 Å². The second kappa shape index (κ2) is 8.48. The Morgan fingerprint density at radius 2 is 2.03 bits per heavy atom. The fourth-order valence-corrected chi connectivity index (χ4v) is 3.47. The summed E-state index contributed by atoms with van der Waals surface area (Å²) in [6.07, 6.45) is 1.74. The number of anilines is 1. The number of urea groups is 1. The van der Waals surface area contributed by atoms with Crippen molar-refractivity contribution >= 4 is 23.4 Å². The van der Waals surface area contributed by atoms with Gasteiger partial charge in [-0.1, -0.05) is 28.9 Å². The van der Waals surface area contributed by atoms with E-state index in [0.29, 0.717) is 49.5 Å². The van der Waals surface area contributed by atoms with Gasteiger partial charge in [0.2, 0.25) is 5.82 Å². The maximum absolute atomic E-state index is 12.0. The summed E-state index contributed by atoms with van der Waals surface area (Å²) in [6, 6.07) is 11.0. The number of hydrogen-bond donors (Lipinski definition) is 1. The van der Waals surface area contributed by atoms with Crippen molar-refractivity contribution in [1.29, 1.82) is 0 Å². The number of carbonyl (C=O) groups is 1. The Morgan fingerprint density at radius 1 is 1.21 bits per heavy atom. The molecule has 3 aromatic rings. The van der Waals surface area contributed by atoms with Crippen molar-refractivity contribution in [2.75, 3.05) is 37.6 Å². The van der Waals surface area contributed by atoms with Crippen molar-refractivity contribution in [3.05, 3.63) is 47.6 Å². The number of amides is 2. The van der Waals surface area contributed by atoms with Gasteiger partial charge in [0.1, 0.15) is 5.82 Å². The number of halogens is 1. The average molecular weight is 413 g/mol. The molecule has 1 saturated heterocycles. The molecule has 0 unspecified atom stereocenters. The van der Waals surface area contributed by atoms with Crippen LogP contribution in [0.2, 0.25) is 5.02 Å². The van der Waals surface area contributed by atoms with E-state index >= 15 is 0 Å². The number of pyridine rings is 1. The summed E-state index contributed by atoms with van der Waals surface area (Å²) in [5.41, 5.74) is 1.55. The molecule has 2 aromatic heterocycles. The van der Waals surface area contributed by atoms with Crippen LogP contribution in [-0.4, -0.2) is 58.8 Å². The lowest BCUT2D eigenvalue weighted by molar-refractivity contribution is 0.195. The first-order valence-electron chi connectivity index (χ1n) is 9.48. The minimum atomic E-state index is -0.0311. The SMILES string of the molecule is CCNC(=O)N1CCN(c2ncccc2-c2nc(-c3cccc(Cl)c3)no2)CC1. The van der Waals surface area contributed by atoms with Crippen LogP contribution in [0.5, 0.6) is 0 Å². The van der Waals surface area contributed by atoms with E-state index in [-0.39, 0.29) is 6.03 Å². The molecule has 2 amide bonds. The smallest absolute Gasteiger partial charge is 0.317 e. The van der Waals surface area contributed by atoms with Crippen molar-refractivity contribution in [2.24, 2.45) is 0 Å². The van der Waals surface area contributed by atoms with Crippen molar-refractivity contribution in [1.82, 2.24) is 25.3 Å². The fourth-order valence-electron chi connectivity index (χ4n) is 3.28. The fraction of sp³-hybridized carbons (Fsp3) is 0.300. The third-order valence-electron chi connectivity index (χ3n) is 4.72. The largest absolute Gasteiger partial charge is 0.352 e. The van der Waals surface area contributed by atoms with Crippen LogP contribution in [0, 0.1) is 0 Å². The quantitative estimate of drug-likeness (QED) is 0.707. The van der Waals surface area contributed by atoms with Crippen LogP contribution in [0.1, 0.15) is 6.92 Å². The van der Waals surface area contributed by atoms with Gasteiger partial charge in [0.15, 0.2) is 0 Å². The predicted octanol–water partition coefficient (Wildman–Crippen LogP) is 3.30. The van der Waals surface area contributed by atoms with E-state index in [4.69, 9.17) is 16.1 Å². The molecule has 1 N–H and O–H groups in total. The first-order chi connectivity index (χ1) is 14.2. The summed E-state index contributed by atoms with van der Waals surface area (Å²) < 4.78 is 5.52. The van der Waals surface area contributed by atoms with E-state index in [1.54, 1.807) is 18.3 Å². The van der Waals surface area contributed by atoms with E-state index in [9.17, 15) is 4.79 Å². The van der Waals surface area contributed by atoms with Gasteiger partial charge in [-0.15, -0.1) is 0 Å². The molecule has 1 fully saturated rings. The Labute approximate surface area is 173 Å². The van der Waals surface area contributed by atoms with Crippen molar-refractivity contribution in [3.8, 4) is 22.8 Å². The molecular weight excluding hydrogens is 392 g/mol. The van der Waals surface area contributed by atoms with Gasteiger partial charge in [0, 0.05) is 49.5 Å². The predicted molar refractivity (Wildman–Crippen MR) is 111 cm³/mol. The molecule has 1 aromatic carbocycles. The number of carbonyl (C=O) groups excluding carboxylic acids is 1. The van der Waals surface area contributed by atoms with Crippen LogP contribution in [0.4, 0.5) is 10.6 Å². The van der Waals surface area contributed by atoms with Crippen LogP contribution in [0.3, 0.4) is 0 Å². The molecule has 1 aliphatic rings. The molecule has 150 valence electrons. The normalized spacial score (nSPS) is 14.1. The first kappa shape index (κ1) is 19.2. The zero-order chi connectivity index (χ0) is 20.2. The highest BCUT2D eigenvalue weighted by molar-refractivity contribution is 6.30. The highest BCUT2D eigenvalue weighted by Crippen LogP contribution is 2.30. The van der Waals surface area contributed by atoms with Gasteiger partial charge < -0.3 is 19.6 Å². The zero-order valence-electron chi connectivity index (χ0n) is 16.0. The summed E-state index contributed by atoms with van der Waals surface area (Å²) >= 11 is 6.06. The van der Waals surface area contributed by atoms with Crippen molar-refractivity contribution in [2.45, 2.75) is 6.92 Å². The summed E-state index contributed by atoms with van der Waals surface area (Å²) in [7, 11) is 0. The highest BCUT2D eigenvalue weighted by Gasteiger charge is 2.25. The second-order valence-electron chi connectivity index (χ2n) is 6.62. The summed E-state index contributed by atoms with van der Waals surface area (Å²) in [5.74, 6) is 1.64. The van der Waals surface area contributed by atoms with Gasteiger partial charge in [-0.25, -0.2) is 9.78 Å². The molecular formula is C20H21ClN6O2. The van der Waals surface area contributed by atoms with E-state index in [1.807, 2.05) is 36.1 Å². The van der Waals surface area contributed by atoms with Crippen LogP contribution in [-0.2, 0) is 0 Å². The van der Waals surface area contributed by atoms with E-state index in [0.717, 1.165) is 16.9 Å². The molecule has 0 radical (unpaired) electrons. The maximum atomic E-state index is 12.0. The van der Waals surface area contributed by atoms with Gasteiger partial charge in [-0.3, -0.25) is 0 Å². The molecule has 0 atom stereocenters. The Balaban J connectivity index is 1.55. The Morgan fingerprint density at radius 3 is 2.79 bits per heavy atom. The molecule has 0 spiro atoms. The van der Waals surface area contributed by atoms with E-state index in [2.05, 4.69) is 25.3 Å². The monoisotopic (exact) mass is 412 g/mol. The standard InChI is InChI=1S/C20H21ClN6O2/c1-2-22-20(28)27-11-9-26(10-12-27)18-16(7-4-8-23-18)19-24-17(25-29-19)14-5-3-6-15(21)13-14/h3-8,13H,2,9-12H2,1H3,(H,22,28). The first-order valence-corrected chi connectivity index (χ1v) is 9.86. The minimum absolute atomic E-state index is 0.0311. The molecule has 0 bridgehead atoms. The number of nitrogens with zero attached hydrogens (tertiary/aromatic N) is 5. The van der Waals surface area contributed by atoms with Crippen molar-refractivity contribution < 1.29 is 9.32 Å². The lowest BCUT2D eigenvalue weighted by atomic mass is 10.2. The van der Waals surface area contributed by atoms with Crippen LogP contribution in [0.15, 0.2) is 47.1 Å². The lowest BCUT2D eigenvalue weighted by Crippen LogP contribution is -2.52. The number of aromatic nitrogens is 3. The molecule has 3 heterocycles. The number of nitrogens with one attached hydrogen (secondary N) is 1. The molecule has 0 aliphatic carbocycles. The Hall–Kier alpha value is -3.13. The number of benzene rings is 1. The third-order valence-corrected chi connectivity index (χ3v) is 4.96. The van der Waals surface area contributed by atoms with Gasteiger partial charge in [0.05, 0.1) is 5.56 Å². The average Bonchev–Trinajstić information content (AvgIpc) is 3.24. The third kappa shape index (κ3) is 4.17. The van der Waals surface area contributed by atoms with Crippen LogP contribution in [0.25, 0.3) is 22.8 Å². The zero-order valence-corrected chi connectivity index (χ0v) is 16.8. The van der Waals surface area contributed by atoms with E-state index in [1.165, 1.54) is 0 Å². The number of piperazine rings is 1. The molecule has 1 aliphatic heterocycles. The maximum Gasteiger partial charge on any atom is 0.317 e. The van der Waals surface area contributed by atoms with Gasteiger partial charge in [-0.2, -0.15) is 4.98 Å². The summed E-state index contributed by atoms with van der Waals surface area (Å²) in [5, 5.41) is 7.55. The molecule has 4 rings (SSSR count). The summed E-state index contributed by atoms with van der Waals surface area (Å²) in [6.45, 7) is 5.14. The molecule has 9 heteroatoms. The Kier molecular flexibility index (Phi) is 5.62. The van der Waals surface area contributed by atoms with Gasteiger partial charge >= 0.3 is 6.03 Å². The molecule has 8 nitrogen and oxygen atoms in total. The number of rotatable bonds is 4. The highest BCUT2D eigenvalue weighted by atomic mass is 35.5. The molecule has 29 heavy (non-hydrogen) atoms. The van der Waals surface area contributed by atoms with E-state index < -0.39 is 0 Å². The summed E-state index contributed by atoms with van der Waals surface area (Å²) in [4.78, 5) is 25.1. The molecule has 0 saturated carbocycles. The van der Waals surface area contributed by atoms with Crippen molar-refractivity contribution in [3.63, 3.8) is 0 Å². The minimum Gasteiger partial charge on any atom is -0.352 e. The Bertz CT molecular complexity index is 1000.